The van der Waals surface area contributed by atoms with Crippen molar-refractivity contribution in [3.63, 3.8) is 0 Å². The van der Waals surface area contributed by atoms with Crippen molar-refractivity contribution in [2.45, 2.75) is 51.5 Å². The normalized spacial score (nSPS) is 23.9. The molecule has 3 rings (SSSR count). The Hall–Kier alpha value is -1.02. The van der Waals surface area contributed by atoms with Crippen LogP contribution in [0.1, 0.15) is 45.4 Å². The van der Waals surface area contributed by atoms with E-state index in [2.05, 4.69) is 47.5 Å². The first-order valence-corrected chi connectivity index (χ1v) is 8.30. The molecule has 0 aromatic heterocycles. The Morgan fingerprint density at radius 1 is 1.05 bits per heavy atom. The molecule has 2 heteroatoms. The third-order valence-electron chi connectivity index (χ3n) is 5.52. The van der Waals surface area contributed by atoms with Gasteiger partial charge >= 0.3 is 0 Å². The van der Waals surface area contributed by atoms with Gasteiger partial charge in [0.1, 0.15) is 0 Å². The molecule has 1 aromatic rings. The summed E-state index contributed by atoms with van der Waals surface area (Å²) in [4.78, 5) is 2.68. The van der Waals surface area contributed by atoms with Gasteiger partial charge in [0.05, 0.1) is 0 Å². The van der Waals surface area contributed by atoms with Gasteiger partial charge in [-0.05, 0) is 63.2 Å². The molecule has 2 nitrogen and oxygen atoms in total. The van der Waals surface area contributed by atoms with Crippen molar-refractivity contribution in [2.75, 3.05) is 25.0 Å². The van der Waals surface area contributed by atoms with Gasteiger partial charge in [-0.3, -0.25) is 4.90 Å². The highest BCUT2D eigenvalue weighted by Gasteiger charge is 2.37. The van der Waals surface area contributed by atoms with Gasteiger partial charge in [0, 0.05) is 18.3 Å². The summed E-state index contributed by atoms with van der Waals surface area (Å²) in [5.74, 6) is 0. The molecule has 1 heterocycles. The summed E-state index contributed by atoms with van der Waals surface area (Å²) in [5.41, 5.74) is 1.98. The molecule has 110 valence electrons. The van der Waals surface area contributed by atoms with Crippen LogP contribution in [0.5, 0.6) is 0 Å². The first-order chi connectivity index (χ1) is 9.77. The SMILES string of the molecule is CC(CNc1ccccc1)N1CCC2(CCCC2)CC1. The number of nitrogens with zero attached hydrogens (tertiary/aromatic N) is 1. The van der Waals surface area contributed by atoms with Crippen molar-refractivity contribution in [1.29, 1.82) is 0 Å². The van der Waals surface area contributed by atoms with Crippen LogP contribution >= 0.6 is 0 Å². The van der Waals surface area contributed by atoms with E-state index in [1.165, 1.54) is 57.3 Å². The van der Waals surface area contributed by atoms with Gasteiger partial charge in [-0.25, -0.2) is 0 Å². The van der Waals surface area contributed by atoms with E-state index < -0.39 is 0 Å². The second-order valence-corrected chi connectivity index (χ2v) is 6.84. The third-order valence-corrected chi connectivity index (χ3v) is 5.52. The molecule has 1 spiro atoms. The van der Waals surface area contributed by atoms with Gasteiger partial charge in [0.15, 0.2) is 0 Å². The van der Waals surface area contributed by atoms with Gasteiger partial charge in [-0.2, -0.15) is 0 Å². The fraction of sp³-hybridized carbons (Fsp3) is 0.667. The molecule has 1 aliphatic carbocycles. The third kappa shape index (κ3) is 3.17. The number of likely N-dealkylation sites (tertiary alicyclic amines) is 1. The van der Waals surface area contributed by atoms with Crippen LogP contribution in [0, 0.1) is 5.41 Å². The predicted molar refractivity (Wildman–Crippen MR) is 86.1 cm³/mol. The second-order valence-electron chi connectivity index (χ2n) is 6.84. The highest BCUT2D eigenvalue weighted by atomic mass is 15.2. The lowest BCUT2D eigenvalue weighted by atomic mass is 9.77. The summed E-state index contributed by atoms with van der Waals surface area (Å²) >= 11 is 0. The van der Waals surface area contributed by atoms with Crippen molar-refractivity contribution in [3.05, 3.63) is 30.3 Å². The molecule has 0 radical (unpaired) electrons. The Morgan fingerprint density at radius 2 is 1.70 bits per heavy atom. The quantitative estimate of drug-likeness (QED) is 0.886. The lowest BCUT2D eigenvalue weighted by Gasteiger charge is -2.42. The van der Waals surface area contributed by atoms with E-state index in [1.807, 2.05) is 0 Å². The maximum atomic E-state index is 3.56. The van der Waals surface area contributed by atoms with Crippen LogP contribution in [0.4, 0.5) is 5.69 Å². The van der Waals surface area contributed by atoms with Crippen LogP contribution < -0.4 is 5.32 Å². The van der Waals surface area contributed by atoms with Gasteiger partial charge in [-0.15, -0.1) is 0 Å². The maximum absolute atomic E-state index is 3.56. The monoisotopic (exact) mass is 272 g/mol. The smallest absolute Gasteiger partial charge is 0.0340 e. The summed E-state index contributed by atoms with van der Waals surface area (Å²) < 4.78 is 0. The average Bonchev–Trinajstić information content (AvgIpc) is 2.95. The number of para-hydroxylation sites is 1. The first kappa shape index (κ1) is 13.9. The van der Waals surface area contributed by atoms with Crippen LogP contribution in [0.2, 0.25) is 0 Å². The molecule has 1 N–H and O–H groups in total. The van der Waals surface area contributed by atoms with E-state index in [9.17, 15) is 0 Å². The molecule has 20 heavy (non-hydrogen) atoms. The van der Waals surface area contributed by atoms with E-state index in [0.29, 0.717) is 6.04 Å². The van der Waals surface area contributed by atoms with Crippen LogP contribution in [-0.2, 0) is 0 Å². The highest BCUT2D eigenvalue weighted by molar-refractivity contribution is 5.42. The zero-order valence-corrected chi connectivity index (χ0v) is 12.8. The number of rotatable bonds is 4. The summed E-state index contributed by atoms with van der Waals surface area (Å²) in [6.45, 7) is 6.02. The average molecular weight is 272 g/mol. The fourth-order valence-electron chi connectivity index (χ4n) is 4.01. The van der Waals surface area contributed by atoms with Crippen LogP contribution in [0.3, 0.4) is 0 Å². The Labute approximate surface area is 123 Å². The Balaban J connectivity index is 1.45. The second kappa shape index (κ2) is 6.17. The van der Waals surface area contributed by atoms with Crippen molar-refractivity contribution in [3.8, 4) is 0 Å². The number of nitrogens with one attached hydrogen (secondary N) is 1. The summed E-state index contributed by atoms with van der Waals surface area (Å²) in [7, 11) is 0. The molecule has 1 aliphatic heterocycles. The van der Waals surface area contributed by atoms with E-state index in [0.717, 1.165) is 12.0 Å². The maximum Gasteiger partial charge on any atom is 0.0340 e. The summed E-state index contributed by atoms with van der Waals surface area (Å²) in [5, 5.41) is 3.56. The molecule has 2 fully saturated rings. The Bertz CT molecular complexity index is 399. The van der Waals surface area contributed by atoms with Crippen LogP contribution in [0.15, 0.2) is 30.3 Å². The topological polar surface area (TPSA) is 15.3 Å². The van der Waals surface area contributed by atoms with Crippen molar-refractivity contribution >= 4 is 5.69 Å². The van der Waals surface area contributed by atoms with E-state index in [4.69, 9.17) is 0 Å². The lowest BCUT2D eigenvalue weighted by molar-refractivity contribution is 0.0852. The van der Waals surface area contributed by atoms with Gasteiger partial charge in [-0.1, -0.05) is 31.0 Å². The van der Waals surface area contributed by atoms with Crippen LogP contribution in [-0.4, -0.2) is 30.6 Å². The lowest BCUT2D eigenvalue weighted by Crippen LogP contribution is -2.45. The molecule has 2 aliphatic rings. The predicted octanol–water partition coefficient (Wildman–Crippen LogP) is 4.14. The molecule has 1 unspecified atom stereocenters. The minimum atomic E-state index is 0.633. The Morgan fingerprint density at radius 3 is 2.35 bits per heavy atom. The van der Waals surface area contributed by atoms with E-state index in [-0.39, 0.29) is 0 Å². The zero-order chi connectivity index (χ0) is 13.8. The van der Waals surface area contributed by atoms with Gasteiger partial charge in [0.2, 0.25) is 0 Å². The van der Waals surface area contributed by atoms with Crippen molar-refractivity contribution < 1.29 is 0 Å². The molecular weight excluding hydrogens is 244 g/mol. The number of benzene rings is 1. The molecule has 1 saturated heterocycles. The molecule has 1 atom stereocenters. The molecule has 0 amide bonds. The number of anilines is 1. The van der Waals surface area contributed by atoms with E-state index >= 15 is 0 Å². The van der Waals surface area contributed by atoms with E-state index in [1.54, 1.807) is 0 Å². The minimum absolute atomic E-state index is 0.633. The minimum Gasteiger partial charge on any atom is -0.383 e. The zero-order valence-electron chi connectivity index (χ0n) is 12.8. The first-order valence-electron chi connectivity index (χ1n) is 8.30. The molecular formula is C18H28N2. The highest BCUT2D eigenvalue weighted by Crippen LogP contribution is 2.46. The molecule has 1 aromatic carbocycles. The molecule has 1 saturated carbocycles. The number of hydrogen-bond acceptors (Lipinski definition) is 2. The van der Waals surface area contributed by atoms with Gasteiger partial charge in [0.25, 0.3) is 0 Å². The van der Waals surface area contributed by atoms with Crippen LogP contribution in [0.25, 0.3) is 0 Å². The standard InChI is InChI=1S/C18H28N2/c1-16(15-19-17-7-3-2-4-8-17)20-13-11-18(12-14-20)9-5-6-10-18/h2-4,7-8,16,19H,5-6,9-15H2,1H3. The fourth-order valence-corrected chi connectivity index (χ4v) is 4.01. The number of piperidine rings is 1. The molecule has 0 bridgehead atoms. The largest absolute Gasteiger partial charge is 0.383 e. The van der Waals surface area contributed by atoms with Gasteiger partial charge < -0.3 is 5.32 Å². The van der Waals surface area contributed by atoms with Crippen molar-refractivity contribution in [2.24, 2.45) is 5.41 Å². The summed E-state index contributed by atoms with van der Waals surface area (Å²) in [6, 6.07) is 11.2. The van der Waals surface area contributed by atoms with Crippen molar-refractivity contribution in [1.82, 2.24) is 4.90 Å². The summed E-state index contributed by atoms with van der Waals surface area (Å²) in [6.07, 6.45) is 8.82. The Kier molecular flexibility index (Phi) is 4.30. The number of hydrogen-bond donors (Lipinski definition) is 1.